The van der Waals surface area contributed by atoms with Crippen molar-refractivity contribution in [1.82, 2.24) is 14.9 Å². The molecule has 1 atom stereocenters. The maximum atomic E-state index is 14.2. The average Bonchev–Trinajstić information content (AvgIpc) is 3.18. The summed E-state index contributed by atoms with van der Waals surface area (Å²) in [5, 5.41) is 8.67. The van der Waals surface area contributed by atoms with Crippen LogP contribution in [0.5, 0.6) is 5.75 Å². The highest BCUT2D eigenvalue weighted by molar-refractivity contribution is 7.98. The maximum absolute atomic E-state index is 14.2. The fourth-order valence-electron chi connectivity index (χ4n) is 3.47. The Morgan fingerprint density at radius 2 is 1.78 bits per heavy atom. The van der Waals surface area contributed by atoms with Crippen molar-refractivity contribution in [3.8, 4) is 17.1 Å². The van der Waals surface area contributed by atoms with Crippen LogP contribution in [0.4, 0.5) is 8.78 Å². The van der Waals surface area contributed by atoms with Gasteiger partial charge in [0, 0.05) is 28.0 Å². The molecule has 0 fully saturated rings. The highest BCUT2D eigenvalue weighted by Crippen LogP contribution is 2.38. The van der Waals surface area contributed by atoms with Crippen LogP contribution >= 0.6 is 11.8 Å². The molecule has 1 unspecified atom stereocenters. The average molecular weight is 452 g/mol. The first-order valence-corrected chi connectivity index (χ1v) is 10.8. The third kappa shape index (κ3) is 4.04. The minimum Gasteiger partial charge on any atom is -0.460 e. The van der Waals surface area contributed by atoms with Crippen molar-refractivity contribution in [3.05, 3.63) is 95.1 Å². The Balaban J connectivity index is 1.38. The molecule has 1 aromatic heterocycles. The van der Waals surface area contributed by atoms with Crippen LogP contribution in [0.25, 0.3) is 11.4 Å². The second-order valence-corrected chi connectivity index (χ2v) is 8.14. The standard InChI is InChI=1S/C23H18F2N4O2S/c24-18-8-6-14(7-9-18)21-27-28-23(29(21)26)32-13-17-11-19(25)10-16-12-30-22(31-20(16)17)15-4-2-1-3-5-15/h1-11,22H,12-13,26H2. The molecule has 0 spiro atoms. The van der Waals surface area contributed by atoms with Crippen LogP contribution in [0.3, 0.4) is 0 Å². The first-order chi connectivity index (χ1) is 15.6. The molecule has 0 saturated carbocycles. The van der Waals surface area contributed by atoms with E-state index in [0.29, 0.717) is 39.2 Å². The number of nitrogens with zero attached hydrogens (tertiary/aromatic N) is 3. The van der Waals surface area contributed by atoms with E-state index >= 15 is 0 Å². The molecule has 32 heavy (non-hydrogen) atoms. The number of rotatable bonds is 5. The fourth-order valence-corrected chi connectivity index (χ4v) is 4.30. The molecule has 0 bridgehead atoms. The lowest BCUT2D eigenvalue weighted by atomic mass is 10.1. The van der Waals surface area contributed by atoms with Crippen LogP contribution in [0, 0.1) is 11.6 Å². The summed E-state index contributed by atoms with van der Waals surface area (Å²) in [5.74, 6) is 6.80. The Kier molecular flexibility index (Phi) is 5.50. The molecule has 1 aliphatic heterocycles. The predicted octanol–water partition coefficient (Wildman–Crippen LogP) is 4.84. The number of nitrogen functional groups attached to an aromatic ring is 1. The van der Waals surface area contributed by atoms with E-state index in [1.807, 2.05) is 30.3 Å². The number of aromatic nitrogens is 3. The third-order valence-corrected chi connectivity index (χ3v) is 6.01. The van der Waals surface area contributed by atoms with Crippen LogP contribution in [0.1, 0.15) is 23.0 Å². The Labute approximate surface area is 187 Å². The van der Waals surface area contributed by atoms with Crippen molar-refractivity contribution in [3.63, 3.8) is 0 Å². The Morgan fingerprint density at radius 3 is 2.56 bits per heavy atom. The van der Waals surface area contributed by atoms with Crippen molar-refractivity contribution in [2.24, 2.45) is 0 Å². The van der Waals surface area contributed by atoms with Crippen molar-refractivity contribution < 1.29 is 18.3 Å². The van der Waals surface area contributed by atoms with Gasteiger partial charge in [0.25, 0.3) is 0 Å². The lowest BCUT2D eigenvalue weighted by molar-refractivity contribution is -0.112. The summed E-state index contributed by atoms with van der Waals surface area (Å²) >= 11 is 1.30. The predicted molar refractivity (Wildman–Crippen MR) is 116 cm³/mol. The maximum Gasteiger partial charge on any atom is 0.227 e. The van der Waals surface area contributed by atoms with Gasteiger partial charge < -0.3 is 15.3 Å². The number of hydrogen-bond acceptors (Lipinski definition) is 6. The Hall–Kier alpha value is -3.43. The molecular formula is C23H18F2N4O2S. The van der Waals surface area contributed by atoms with Gasteiger partial charge in [-0.25, -0.2) is 13.5 Å². The van der Waals surface area contributed by atoms with Gasteiger partial charge in [-0.1, -0.05) is 42.1 Å². The largest absolute Gasteiger partial charge is 0.460 e. The van der Waals surface area contributed by atoms with Crippen molar-refractivity contribution >= 4 is 11.8 Å². The summed E-state index contributed by atoms with van der Waals surface area (Å²) in [4.78, 5) is 0. The van der Waals surface area contributed by atoms with Gasteiger partial charge in [-0.05, 0) is 36.4 Å². The molecule has 2 N–H and O–H groups in total. The molecule has 4 aromatic rings. The molecule has 162 valence electrons. The SMILES string of the molecule is Nn1c(SCc2cc(F)cc3c2OC(c2ccccc2)OC3)nnc1-c1ccc(F)cc1. The topological polar surface area (TPSA) is 75.2 Å². The van der Waals surface area contributed by atoms with E-state index in [2.05, 4.69) is 10.2 Å². The van der Waals surface area contributed by atoms with E-state index in [0.717, 1.165) is 5.56 Å². The first kappa shape index (κ1) is 20.5. The van der Waals surface area contributed by atoms with E-state index in [9.17, 15) is 8.78 Å². The van der Waals surface area contributed by atoms with Gasteiger partial charge in [0.05, 0.1) is 6.61 Å². The van der Waals surface area contributed by atoms with E-state index in [-0.39, 0.29) is 18.2 Å². The fraction of sp³-hybridized carbons (Fsp3) is 0.130. The van der Waals surface area contributed by atoms with Crippen molar-refractivity contribution in [2.75, 3.05) is 5.84 Å². The van der Waals surface area contributed by atoms with Gasteiger partial charge in [0.2, 0.25) is 11.4 Å². The van der Waals surface area contributed by atoms with Crippen LogP contribution in [-0.4, -0.2) is 14.9 Å². The van der Waals surface area contributed by atoms with E-state index in [4.69, 9.17) is 15.3 Å². The molecule has 0 amide bonds. The summed E-state index contributed by atoms with van der Waals surface area (Å²) < 4.78 is 40.6. The summed E-state index contributed by atoms with van der Waals surface area (Å²) in [7, 11) is 0. The van der Waals surface area contributed by atoms with Crippen molar-refractivity contribution in [1.29, 1.82) is 0 Å². The number of nitrogens with two attached hydrogens (primary N) is 1. The number of hydrogen-bond donors (Lipinski definition) is 1. The van der Waals surface area contributed by atoms with Crippen LogP contribution < -0.4 is 10.6 Å². The molecule has 0 aliphatic carbocycles. The zero-order valence-electron chi connectivity index (χ0n) is 16.7. The molecule has 0 saturated heterocycles. The molecule has 1 aliphatic rings. The second kappa shape index (κ2) is 8.60. The van der Waals surface area contributed by atoms with Gasteiger partial charge >= 0.3 is 0 Å². The van der Waals surface area contributed by atoms with E-state index < -0.39 is 6.29 Å². The number of ether oxygens (including phenoxy) is 2. The highest BCUT2D eigenvalue weighted by Gasteiger charge is 2.25. The summed E-state index contributed by atoms with van der Waals surface area (Å²) in [6, 6.07) is 18.3. The molecule has 5 rings (SSSR count). The minimum absolute atomic E-state index is 0.242. The highest BCUT2D eigenvalue weighted by atomic mass is 32.2. The van der Waals surface area contributed by atoms with Gasteiger partial charge in [-0.2, -0.15) is 0 Å². The molecule has 0 radical (unpaired) electrons. The molecule has 6 nitrogen and oxygen atoms in total. The molecule has 3 aromatic carbocycles. The summed E-state index contributed by atoms with van der Waals surface area (Å²) in [5.41, 5.74) is 2.84. The number of halogens is 2. The normalized spacial score (nSPS) is 15.2. The zero-order valence-corrected chi connectivity index (χ0v) is 17.6. The number of thioether (sulfide) groups is 1. The summed E-state index contributed by atoms with van der Waals surface area (Å²) in [6.45, 7) is 0.242. The van der Waals surface area contributed by atoms with Gasteiger partial charge in [-0.15, -0.1) is 10.2 Å². The summed E-state index contributed by atoms with van der Waals surface area (Å²) in [6.07, 6.45) is -0.568. The van der Waals surface area contributed by atoms with Gasteiger partial charge in [0.1, 0.15) is 17.4 Å². The third-order valence-electron chi connectivity index (χ3n) is 5.02. The lowest BCUT2D eigenvalue weighted by Gasteiger charge is -2.28. The Morgan fingerprint density at radius 1 is 1.00 bits per heavy atom. The molecule has 9 heteroatoms. The van der Waals surface area contributed by atoms with Crippen LogP contribution in [0.2, 0.25) is 0 Å². The number of fused-ring (bicyclic) bond motifs is 1. The smallest absolute Gasteiger partial charge is 0.227 e. The second-order valence-electron chi connectivity index (χ2n) is 7.20. The lowest BCUT2D eigenvalue weighted by Crippen LogP contribution is -2.19. The Bertz CT molecular complexity index is 1250. The van der Waals surface area contributed by atoms with E-state index in [1.54, 1.807) is 12.1 Å². The first-order valence-electron chi connectivity index (χ1n) is 9.82. The molecular weight excluding hydrogens is 434 g/mol. The quantitative estimate of drug-likeness (QED) is 0.345. The van der Waals surface area contributed by atoms with Crippen LogP contribution in [0.15, 0.2) is 71.9 Å². The van der Waals surface area contributed by atoms with E-state index in [1.165, 1.54) is 40.7 Å². The van der Waals surface area contributed by atoms with Gasteiger partial charge in [0.15, 0.2) is 5.82 Å². The number of benzene rings is 3. The van der Waals surface area contributed by atoms with Gasteiger partial charge in [-0.3, -0.25) is 0 Å². The molecule has 2 heterocycles. The monoisotopic (exact) mass is 452 g/mol. The van der Waals surface area contributed by atoms with Crippen molar-refractivity contribution in [2.45, 2.75) is 23.8 Å². The van der Waals surface area contributed by atoms with Crippen LogP contribution in [-0.2, 0) is 17.1 Å². The minimum atomic E-state index is -0.568. The zero-order chi connectivity index (χ0) is 22.1.